The number of nitrogens with two attached hydrogens (primary N) is 1. The van der Waals surface area contributed by atoms with Crippen LogP contribution in [-0.2, 0) is 6.54 Å². The molecular formula is C15H14Cl2N2O2. The van der Waals surface area contributed by atoms with Gasteiger partial charge in [0, 0.05) is 17.3 Å². The van der Waals surface area contributed by atoms with Crippen LogP contribution in [-0.4, -0.2) is 13.0 Å². The van der Waals surface area contributed by atoms with E-state index in [4.69, 9.17) is 33.7 Å². The van der Waals surface area contributed by atoms with E-state index in [1.165, 1.54) is 19.2 Å². The molecule has 0 aromatic heterocycles. The molecule has 0 atom stereocenters. The zero-order valence-corrected chi connectivity index (χ0v) is 12.8. The van der Waals surface area contributed by atoms with Crippen molar-refractivity contribution < 1.29 is 9.53 Å². The van der Waals surface area contributed by atoms with Crippen LogP contribution in [0.5, 0.6) is 5.75 Å². The highest BCUT2D eigenvalue weighted by molar-refractivity contribution is 6.36. The van der Waals surface area contributed by atoms with Crippen LogP contribution in [0.1, 0.15) is 15.9 Å². The SMILES string of the molecule is COc1c(Cl)cc(Cl)cc1C(=O)Nc1cccc(CN)c1. The van der Waals surface area contributed by atoms with Gasteiger partial charge in [0.05, 0.1) is 17.7 Å². The van der Waals surface area contributed by atoms with E-state index in [-0.39, 0.29) is 22.2 Å². The summed E-state index contributed by atoms with van der Waals surface area (Å²) in [7, 11) is 1.45. The number of rotatable bonds is 4. The van der Waals surface area contributed by atoms with Gasteiger partial charge in [-0.15, -0.1) is 0 Å². The Morgan fingerprint density at radius 2 is 2.05 bits per heavy atom. The molecule has 0 saturated heterocycles. The van der Waals surface area contributed by atoms with Crippen molar-refractivity contribution in [3.8, 4) is 5.75 Å². The normalized spacial score (nSPS) is 10.3. The van der Waals surface area contributed by atoms with Crippen molar-refractivity contribution in [2.24, 2.45) is 5.73 Å². The van der Waals surface area contributed by atoms with Gasteiger partial charge in [-0.1, -0.05) is 35.3 Å². The second-order valence-electron chi connectivity index (χ2n) is 4.33. The van der Waals surface area contributed by atoms with Crippen LogP contribution in [0.2, 0.25) is 10.0 Å². The third-order valence-electron chi connectivity index (χ3n) is 2.88. The van der Waals surface area contributed by atoms with Crippen LogP contribution in [0, 0.1) is 0 Å². The first-order valence-electron chi connectivity index (χ1n) is 6.18. The van der Waals surface area contributed by atoms with Gasteiger partial charge < -0.3 is 15.8 Å². The molecule has 0 aliphatic carbocycles. The van der Waals surface area contributed by atoms with Gasteiger partial charge in [-0.2, -0.15) is 0 Å². The molecule has 0 spiro atoms. The Morgan fingerprint density at radius 1 is 1.29 bits per heavy atom. The Labute approximate surface area is 132 Å². The Morgan fingerprint density at radius 3 is 2.71 bits per heavy atom. The fourth-order valence-electron chi connectivity index (χ4n) is 1.91. The summed E-state index contributed by atoms with van der Waals surface area (Å²) in [6, 6.07) is 10.3. The molecule has 0 fully saturated rings. The van der Waals surface area contributed by atoms with Gasteiger partial charge in [-0.3, -0.25) is 4.79 Å². The fraction of sp³-hybridized carbons (Fsp3) is 0.133. The number of anilines is 1. The molecule has 21 heavy (non-hydrogen) atoms. The molecule has 0 unspecified atom stereocenters. The molecule has 0 heterocycles. The van der Waals surface area contributed by atoms with Gasteiger partial charge in [0.2, 0.25) is 0 Å². The lowest BCUT2D eigenvalue weighted by molar-refractivity contribution is 0.102. The second-order valence-corrected chi connectivity index (χ2v) is 5.17. The monoisotopic (exact) mass is 324 g/mol. The van der Waals surface area contributed by atoms with E-state index in [1.54, 1.807) is 12.1 Å². The van der Waals surface area contributed by atoms with Crippen molar-refractivity contribution >= 4 is 34.8 Å². The largest absolute Gasteiger partial charge is 0.494 e. The lowest BCUT2D eigenvalue weighted by Crippen LogP contribution is -2.13. The number of benzene rings is 2. The summed E-state index contributed by atoms with van der Waals surface area (Å²) in [6.07, 6.45) is 0. The number of methoxy groups -OCH3 is 1. The predicted molar refractivity (Wildman–Crippen MR) is 85.3 cm³/mol. The average Bonchev–Trinajstić information content (AvgIpc) is 2.46. The molecule has 0 aliphatic rings. The third kappa shape index (κ3) is 3.67. The number of hydrogen-bond acceptors (Lipinski definition) is 3. The van der Waals surface area contributed by atoms with E-state index in [2.05, 4.69) is 5.32 Å². The number of halogens is 2. The fourth-order valence-corrected chi connectivity index (χ4v) is 2.48. The highest BCUT2D eigenvalue weighted by Gasteiger charge is 2.17. The van der Waals surface area contributed by atoms with Crippen molar-refractivity contribution in [3.05, 3.63) is 57.6 Å². The summed E-state index contributed by atoms with van der Waals surface area (Å²) >= 11 is 12.0. The quantitative estimate of drug-likeness (QED) is 0.900. The van der Waals surface area contributed by atoms with E-state index in [0.717, 1.165) is 5.56 Å². The molecule has 0 saturated carbocycles. The number of carbonyl (C=O) groups is 1. The summed E-state index contributed by atoms with van der Waals surface area (Å²) in [6.45, 7) is 0.399. The number of hydrogen-bond donors (Lipinski definition) is 2. The summed E-state index contributed by atoms with van der Waals surface area (Å²) in [4.78, 5) is 12.4. The van der Waals surface area contributed by atoms with Crippen LogP contribution in [0.25, 0.3) is 0 Å². The van der Waals surface area contributed by atoms with Crippen molar-refractivity contribution in [2.45, 2.75) is 6.54 Å². The number of carbonyl (C=O) groups excluding carboxylic acids is 1. The first-order valence-corrected chi connectivity index (χ1v) is 6.94. The first kappa shape index (κ1) is 15.6. The summed E-state index contributed by atoms with van der Waals surface area (Å²) in [5.74, 6) is -0.0704. The Kier molecular flexibility index (Phi) is 5.07. The number of amides is 1. The number of nitrogens with one attached hydrogen (secondary N) is 1. The van der Waals surface area contributed by atoms with Crippen LogP contribution in [0.15, 0.2) is 36.4 Å². The maximum absolute atomic E-state index is 12.4. The molecule has 0 aliphatic heterocycles. The summed E-state index contributed by atoms with van der Waals surface area (Å²) in [5, 5.41) is 3.42. The van der Waals surface area contributed by atoms with E-state index in [0.29, 0.717) is 17.3 Å². The topological polar surface area (TPSA) is 64.3 Å². The molecule has 1 amide bonds. The number of ether oxygens (including phenoxy) is 1. The minimum absolute atomic E-state index is 0.271. The predicted octanol–water partition coefficient (Wildman–Crippen LogP) is 3.71. The summed E-state index contributed by atoms with van der Waals surface area (Å²) < 4.78 is 5.16. The zero-order chi connectivity index (χ0) is 15.4. The maximum Gasteiger partial charge on any atom is 0.259 e. The molecule has 110 valence electrons. The molecule has 2 aromatic rings. The molecule has 3 N–H and O–H groups in total. The van der Waals surface area contributed by atoms with Gasteiger partial charge in [-0.25, -0.2) is 0 Å². The summed E-state index contributed by atoms with van der Waals surface area (Å²) in [5.41, 5.74) is 7.41. The van der Waals surface area contributed by atoms with Gasteiger partial charge in [0.1, 0.15) is 5.75 Å². The van der Waals surface area contributed by atoms with Crippen LogP contribution in [0.4, 0.5) is 5.69 Å². The van der Waals surface area contributed by atoms with Gasteiger partial charge >= 0.3 is 0 Å². The minimum atomic E-state index is -0.356. The molecule has 2 rings (SSSR count). The third-order valence-corrected chi connectivity index (χ3v) is 3.38. The Bertz CT molecular complexity index is 675. The smallest absolute Gasteiger partial charge is 0.259 e. The van der Waals surface area contributed by atoms with E-state index in [1.807, 2.05) is 12.1 Å². The first-order chi connectivity index (χ1) is 10.0. The van der Waals surface area contributed by atoms with E-state index in [9.17, 15) is 4.79 Å². The van der Waals surface area contributed by atoms with Crippen LogP contribution >= 0.6 is 23.2 Å². The van der Waals surface area contributed by atoms with E-state index < -0.39 is 0 Å². The van der Waals surface area contributed by atoms with Gasteiger partial charge in [-0.05, 0) is 29.8 Å². The highest BCUT2D eigenvalue weighted by atomic mass is 35.5. The second kappa shape index (κ2) is 6.80. The highest BCUT2D eigenvalue weighted by Crippen LogP contribution is 2.32. The Hall–Kier alpha value is -1.75. The molecular weight excluding hydrogens is 311 g/mol. The molecule has 2 aromatic carbocycles. The van der Waals surface area contributed by atoms with Crippen molar-refractivity contribution in [3.63, 3.8) is 0 Å². The molecule has 0 bridgehead atoms. The van der Waals surface area contributed by atoms with Crippen molar-refractivity contribution in [1.29, 1.82) is 0 Å². The van der Waals surface area contributed by atoms with Gasteiger partial charge in [0.15, 0.2) is 0 Å². The average molecular weight is 325 g/mol. The standard InChI is InChI=1S/C15H14Cl2N2O2/c1-21-14-12(6-10(16)7-13(14)17)15(20)19-11-4-2-3-9(5-11)8-18/h2-7H,8,18H2,1H3,(H,19,20). The Balaban J connectivity index is 2.32. The zero-order valence-electron chi connectivity index (χ0n) is 11.3. The molecule has 6 heteroatoms. The van der Waals surface area contributed by atoms with Crippen molar-refractivity contribution in [2.75, 3.05) is 12.4 Å². The molecule has 0 radical (unpaired) electrons. The van der Waals surface area contributed by atoms with Crippen LogP contribution < -0.4 is 15.8 Å². The maximum atomic E-state index is 12.4. The molecule has 4 nitrogen and oxygen atoms in total. The van der Waals surface area contributed by atoms with Gasteiger partial charge in [0.25, 0.3) is 5.91 Å². The van der Waals surface area contributed by atoms with Crippen LogP contribution in [0.3, 0.4) is 0 Å². The lowest BCUT2D eigenvalue weighted by Gasteiger charge is -2.12. The minimum Gasteiger partial charge on any atom is -0.494 e. The lowest BCUT2D eigenvalue weighted by atomic mass is 10.1. The van der Waals surface area contributed by atoms with Crippen molar-refractivity contribution in [1.82, 2.24) is 0 Å². The van der Waals surface area contributed by atoms with E-state index >= 15 is 0 Å².